The second-order valence-electron chi connectivity index (χ2n) is 5.75. The first kappa shape index (κ1) is 17.7. The van der Waals surface area contributed by atoms with Crippen molar-refractivity contribution in [1.82, 2.24) is 5.32 Å². The summed E-state index contributed by atoms with van der Waals surface area (Å²) in [4.78, 5) is 0. The van der Waals surface area contributed by atoms with Crippen molar-refractivity contribution in [3.8, 4) is 0 Å². The van der Waals surface area contributed by atoms with Gasteiger partial charge in [0.1, 0.15) is 0 Å². The first-order valence-electron chi connectivity index (χ1n) is 7.58. The first-order valence-corrected chi connectivity index (χ1v) is 8.38. The van der Waals surface area contributed by atoms with Crippen molar-refractivity contribution in [2.45, 2.75) is 45.6 Å². The molecule has 114 valence electrons. The van der Waals surface area contributed by atoms with Gasteiger partial charge in [-0.15, -0.1) is 0 Å². The molecule has 2 nitrogen and oxygen atoms in total. The highest BCUT2D eigenvalue weighted by atomic mass is 79.9. The fraction of sp³-hybridized carbons (Fsp3) is 0.647. The highest BCUT2D eigenvalue weighted by molar-refractivity contribution is 9.10. The van der Waals surface area contributed by atoms with Crippen molar-refractivity contribution in [2.24, 2.45) is 5.92 Å². The van der Waals surface area contributed by atoms with Gasteiger partial charge < -0.3 is 10.1 Å². The molecule has 1 aromatic rings. The van der Waals surface area contributed by atoms with Gasteiger partial charge in [-0.05, 0) is 49.4 Å². The molecule has 0 saturated heterocycles. The van der Waals surface area contributed by atoms with E-state index in [9.17, 15) is 0 Å². The zero-order valence-corrected chi connectivity index (χ0v) is 14.6. The van der Waals surface area contributed by atoms with Gasteiger partial charge in [0.2, 0.25) is 0 Å². The van der Waals surface area contributed by atoms with Crippen molar-refractivity contribution in [2.75, 3.05) is 20.3 Å². The SMILES string of the molecule is COCCCCC(CNC(C)C)Cc1cccc(Br)c1. The van der Waals surface area contributed by atoms with Gasteiger partial charge >= 0.3 is 0 Å². The summed E-state index contributed by atoms with van der Waals surface area (Å²) in [6, 6.07) is 9.22. The Morgan fingerprint density at radius 3 is 2.70 bits per heavy atom. The molecule has 1 rings (SSSR count). The lowest BCUT2D eigenvalue weighted by atomic mass is 9.94. The molecule has 0 aliphatic carbocycles. The van der Waals surface area contributed by atoms with Crippen LogP contribution < -0.4 is 5.32 Å². The summed E-state index contributed by atoms with van der Waals surface area (Å²) in [5.74, 6) is 0.698. The monoisotopic (exact) mass is 341 g/mol. The number of nitrogens with one attached hydrogen (secondary N) is 1. The molecule has 0 aliphatic rings. The lowest BCUT2D eigenvalue weighted by molar-refractivity contribution is 0.190. The fourth-order valence-electron chi connectivity index (χ4n) is 2.36. The number of unbranched alkanes of at least 4 members (excludes halogenated alkanes) is 1. The van der Waals surface area contributed by atoms with Crippen molar-refractivity contribution < 1.29 is 4.74 Å². The fourth-order valence-corrected chi connectivity index (χ4v) is 2.80. The van der Waals surface area contributed by atoms with E-state index in [1.807, 2.05) is 0 Å². The molecule has 1 atom stereocenters. The van der Waals surface area contributed by atoms with Crippen LogP contribution in [0.2, 0.25) is 0 Å². The van der Waals surface area contributed by atoms with E-state index in [-0.39, 0.29) is 0 Å². The molecule has 1 aromatic carbocycles. The molecule has 0 heterocycles. The minimum absolute atomic E-state index is 0.555. The van der Waals surface area contributed by atoms with Gasteiger partial charge in [-0.2, -0.15) is 0 Å². The van der Waals surface area contributed by atoms with Gasteiger partial charge in [-0.1, -0.05) is 48.3 Å². The predicted molar refractivity (Wildman–Crippen MR) is 90.2 cm³/mol. The van der Waals surface area contributed by atoms with Crippen LogP contribution in [0.5, 0.6) is 0 Å². The van der Waals surface area contributed by atoms with Crippen molar-refractivity contribution in [3.05, 3.63) is 34.3 Å². The van der Waals surface area contributed by atoms with E-state index in [0.717, 1.165) is 26.0 Å². The molecule has 1 N–H and O–H groups in total. The molecule has 0 amide bonds. The third-order valence-electron chi connectivity index (χ3n) is 3.44. The maximum Gasteiger partial charge on any atom is 0.0462 e. The predicted octanol–water partition coefficient (Wildman–Crippen LogP) is 4.42. The van der Waals surface area contributed by atoms with E-state index >= 15 is 0 Å². The largest absolute Gasteiger partial charge is 0.385 e. The zero-order chi connectivity index (χ0) is 14.8. The Kier molecular flexibility index (Phi) is 9.16. The Hall–Kier alpha value is -0.380. The number of benzene rings is 1. The quantitative estimate of drug-likeness (QED) is 0.636. The standard InChI is InChI=1S/C17H28BrNO/c1-14(2)19-13-16(7-4-5-10-20-3)11-15-8-6-9-17(18)12-15/h6,8-9,12,14,16,19H,4-5,7,10-11,13H2,1-3H3. The number of hydrogen-bond donors (Lipinski definition) is 1. The van der Waals surface area contributed by atoms with Crippen LogP contribution in [-0.2, 0) is 11.2 Å². The first-order chi connectivity index (χ1) is 9.61. The maximum absolute atomic E-state index is 5.13. The van der Waals surface area contributed by atoms with E-state index in [2.05, 4.69) is 59.4 Å². The minimum atomic E-state index is 0.555. The molecule has 0 aromatic heterocycles. The molecule has 0 spiro atoms. The molecule has 0 radical (unpaired) electrons. The Morgan fingerprint density at radius 1 is 1.25 bits per heavy atom. The smallest absolute Gasteiger partial charge is 0.0462 e. The Balaban J connectivity index is 2.47. The summed E-state index contributed by atoms with van der Waals surface area (Å²) in [7, 11) is 1.78. The van der Waals surface area contributed by atoms with Crippen LogP contribution in [0, 0.1) is 5.92 Å². The van der Waals surface area contributed by atoms with Gasteiger partial charge in [0.15, 0.2) is 0 Å². The Labute approximate surface area is 132 Å². The van der Waals surface area contributed by atoms with Crippen LogP contribution in [0.25, 0.3) is 0 Å². The summed E-state index contributed by atoms with van der Waals surface area (Å²) in [5.41, 5.74) is 1.42. The number of halogens is 1. The zero-order valence-electron chi connectivity index (χ0n) is 13.0. The number of methoxy groups -OCH3 is 1. The molecule has 20 heavy (non-hydrogen) atoms. The molecule has 0 fully saturated rings. The van der Waals surface area contributed by atoms with Gasteiger partial charge in [-0.25, -0.2) is 0 Å². The van der Waals surface area contributed by atoms with Crippen LogP contribution in [0.4, 0.5) is 0 Å². The third kappa shape index (κ3) is 8.03. The highest BCUT2D eigenvalue weighted by Gasteiger charge is 2.10. The number of ether oxygens (including phenoxy) is 1. The lowest BCUT2D eigenvalue weighted by Crippen LogP contribution is -2.30. The van der Waals surface area contributed by atoms with Gasteiger partial charge in [0.25, 0.3) is 0 Å². The molecular formula is C17H28BrNO. The van der Waals surface area contributed by atoms with Crippen LogP contribution in [0.1, 0.15) is 38.7 Å². The van der Waals surface area contributed by atoms with Crippen LogP contribution in [0.3, 0.4) is 0 Å². The van der Waals surface area contributed by atoms with E-state index in [1.165, 1.54) is 22.9 Å². The van der Waals surface area contributed by atoms with Crippen molar-refractivity contribution in [1.29, 1.82) is 0 Å². The summed E-state index contributed by atoms with van der Waals surface area (Å²) in [5, 5.41) is 3.58. The maximum atomic E-state index is 5.13. The summed E-state index contributed by atoms with van der Waals surface area (Å²) < 4.78 is 6.31. The van der Waals surface area contributed by atoms with Crippen LogP contribution in [-0.4, -0.2) is 26.3 Å². The minimum Gasteiger partial charge on any atom is -0.385 e. The van der Waals surface area contributed by atoms with Gasteiger partial charge in [0.05, 0.1) is 0 Å². The summed E-state index contributed by atoms with van der Waals surface area (Å²) in [6.07, 6.45) is 4.81. The third-order valence-corrected chi connectivity index (χ3v) is 3.93. The second kappa shape index (κ2) is 10.4. The van der Waals surface area contributed by atoms with Crippen LogP contribution >= 0.6 is 15.9 Å². The van der Waals surface area contributed by atoms with Crippen molar-refractivity contribution >= 4 is 15.9 Å². The van der Waals surface area contributed by atoms with E-state index in [4.69, 9.17) is 4.74 Å². The van der Waals surface area contributed by atoms with E-state index in [1.54, 1.807) is 7.11 Å². The average molecular weight is 342 g/mol. The average Bonchev–Trinajstić information content (AvgIpc) is 2.40. The van der Waals surface area contributed by atoms with Gasteiger partial charge in [-0.3, -0.25) is 0 Å². The van der Waals surface area contributed by atoms with Crippen LogP contribution in [0.15, 0.2) is 28.7 Å². The normalized spacial score (nSPS) is 12.8. The van der Waals surface area contributed by atoms with Gasteiger partial charge in [0, 0.05) is 24.2 Å². The Morgan fingerprint density at radius 2 is 2.05 bits per heavy atom. The van der Waals surface area contributed by atoms with Crippen molar-refractivity contribution in [3.63, 3.8) is 0 Å². The topological polar surface area (TPSA) is 21.3 Å². The molecule has 1 unspecified atom stereocenters. The molecular weight excluding hydrogens is 314 g/mol. The molecule has 0 saturated carbocycles. The Bertz CT molecular complexity index is 368. The van der Waals surface area contributed by atoms with E-state index in [0.29, 0.717) is 12.0 Å². The molecule has 0 bridgehead atoms. The second-order valence-corrected chi connectivity index (χ2v) is 6.67. The number of rotatable bonds is 10. The summed E-state index contributed by atoms with van der Waals surface area (Å²) >= 11 is 3.56. The highest BCUT2D eigenvalue weighted by Crippen LogP contribution is 2.18. The van der Waals surface area contributed by atoms with E-state index < -0.39 is 0 Å². The summed E-state index contributed by atoms with van der Waals surface area (Å²) in [6.45, 7) is 6.39. The molecule has 0 aliphatic heterocycles. The molecule has 3 heteroatoms. The number of hydrogen-bond acceptors (Lipinski definition) is 2. The lowest BCUT2D eigenvalue weighted by Gasteiger charge is -2.19.